The zero-order valence-corrected chi connectivity index (χ0v) is 19.4. The van der Waals surface area contributed by atoms with E-state index in [-0.39, 0.29) is 23.1 Å². The van der Waals surface area contributed by atoms with Gasteiger partial charge in [-0.3, -0.25) is 4.79 Å². The minimum atomic E-state index is -0.553. The minimum Gasteiger partial charge on any atom is -0.462 e. The predicted octanol–water partition coefficient (Wildman–Crippen LogP) is 5.67. The summed E-state index contributed by atoms with van der Waals surface area (Å²) in [6.07, 6.45) is 1.35. The van der Waals surface area contributed by atoms with E-state index in [0.717, 1.165) is 16.0 Å². The van der Waals surface area contributed by atoms with Crippen molar-refractivity contribution in [3.63, 3.8) is 0 Å². The van der Waals surface area contributed by atoms with Crippen LogP contribution in [0.2, 0.25) is 5.02 Å². The van der Waals surface area contributed by atoms with E-state index in [1.54, 1.807) is 26.0 Å². The lowest BCUT2D eigenvalue weighted by atomic mass is 10.1. The number of thiophene rings is 1. The third kappa shape index (κ3) is 5.61. The lowest BCUT2D eigenvalue weighted by molar-refractivity contribution is 0.0527. The van der Waals surface area contributed by atoms with Crippen molar-refractivity contribution in [2.45, 2.75) is 31.7 Å². The molecule has 31 heavy (non-hydrogen) atoms. The highest BCUT2D eigenvalue weighted by atomic mass is 35.5. The van der Waals surface area contributed by atoms with Crippen LogP contribution in [0, 0.1) is 19.7 Å². The van der Waals surface area contributed by atoms with Crippen molar-refractivity contribution in [2.24, 2.45) is 0 Å². The van der Waals surface area contributed by atoms with E-state index in [9.17, 15) is 14.0 Å². The van der Waals surface area contributed by atoms with Gasteiger partial charge < -0.3 is 10.1 Å². The number of hydrogen-bond donors (Lipinski definition) is 1. The number of hydrogen-bond acceptors (Lipinski definition) is 7. The molecule has 1 aromatic carbocycles. The van der Waals surface area contributed by atoms with Crippen LogP contribution >= 0.6 is 34.7 Å². The van der Waals surface area contributed by atoms with Gasteiger partial charge in [0.15, 0.2) is 10.9 Å². The van der Waals surface area contributed by atoms with Crippen molar-refractivity contribution in [2.75, 3.05) is 11.9 Å². The van der Waals surface area contributed by atoms with E-state index in [1.807, 2.05) is 6.92 Å². The summed E-state index contributed by atoms with van der Waals surface area (Å²) in [7, 11) is 0. The Balaban J connectivity index is 1.79. The van der Waals surface area contributed by atoms with Crippen molar-refractivity contribution in [1.82, 2.24) is 9.97 Å². The number of ether oxygens (including phenoxy) is 1. The third-order valence-electron chi connectivity index (χ3n) is 4.31. The molecule has 0 aliphatic heterocycles. The van der Waals surface area contributed by atoms with Gasteiger partial charge in [0.1, 0.15) is 10.8 Å². The standard InChI is InChI=1S/C21H19ClFN3O3S2/c1-4-29-20(28)16-11(2)12(3)31-19(16)26-18(27)17-15(22)9-24-21(25-17)30-10-13-5-7-14(23)8-6-13/h5-9H,4,10H2,1-3H3,(H,26,27). The van der Waals surface area contributed by atoms with Gasteiger partial charge in [0, 0.05) is 10.6 Å². The fraction of sp³-hybridized carbons (Fsp3) is 0.238. The molecule has 0 fully saturated rings. The first kappa shape index (κ1) is 23.2. The molecule has 0 radical (unpaired) electrons. The number of amides is 1. The van der Waals surface area contributed by atoms with Crippen LogP contribution < -0.4 is 5.32 Å². The Morgan fingerprint density at radius 3 is 2.65 bits per heavy atom. The number of carbonyl (C=O) groups is 2. The van der Waals surface area contributed by atoms with Crippen molar-refractivity contribution < 1.29 is 18.7 Å². The number of anilines is 1. The number of carbonyl (C=O) groups excluding carboxylic acids is 2. The first-order valence-electron chi connectivity index (χ1n) is 9.28. The Morgan fingerprint density at radius 1 is 1.26 bits per heavy atom. The van der Waals surface area contributed by atoms with Crippen LogP contribution in [0.4, 0.5) is 9.39 Å². The highest BCUT2D eigenvalue weighted by molar-refractivity contribution is 7.98. The SMILES string of the molecule is CCOC(=O)c1c(NC(=O)c2nc(SCc3ccc(F)cc3)ncc2Cl)sc(C)c1C. The molecule has 0 aliphatic carbocycles. The van der Waals surface area contributed by atoms with Crippen molar-refractivity contribution in [3.8, 4) is 0 Å². The molecule has 1 N–H and O–H groups in total. The lowest BCUT2D eigenvalue weighted by Crippen LogP contribution is -2.17. The average molecular weight is 480 g/mol. The van der Waals surface area contributed by atoms with E-state index in [4.69, 9.17) is 16.3 Å². The second-order valence-corrected chi connectivity index (χ2v) is 9.00. The number of nitrogens with one attached hydrogen (secondary N) is 1. The smallest absolute Gasteiger partial charge is 0.341 e. The fourth-order valence-corrected chi connectivity index (χ4v) is 4.63. The molecule has 2 heterocycles. The van der Waals surface area contributed by atoms with E-state index in [1.165, 1.54) is 41.4 Å². The van der Waals surface area contributed by atoms with Gasteiger partial charge in [0.25, 0.3) is 5.91 Å². The summed E-state index contributed by atoms with van der Waals surface area (Å²) in [6.45, 7) is 5.61. The molecule has 1 amide bonds. The molecule has 2 aromatic heterocycles. The fourth-order valence-electron chi connectivity index (χ4n) is 2.63. The van der Waals surface area contributed by atoms with Crippen LogP contribution in [0.3, 0.4) is 0 Å². The predicted molar refractivity (Wildman–Crippen MR) is 121 cm³/mol. The molecule has 0 unspecified atom stereocenters. The quantitative estimate of drug-likeness (QED) is 0.267. The maximum Gasteiger partial charge on any atom is 0.341 e. The van der Waals surface area contributed by atoms with Gasteiger partial charge in [0.05, 0.1) is 23.4 Å². The molecular weight excluding hydrogens is 461 g/mol. The summed E-state index contributed by atoms with van der Waals surface area (Å²) in [5.74, 6) is -0.859. The zero-order chi connectivity index (χ0) is 22.5. The Kier molecular flexibility index (Phi) is 7.64. The van der Waals surface area contributed by atoms with Gasteiger partial charge in [0.2, 0.25) is 0 Å². The van der Waals surface area contributed by atoms with E-state index < -0.39 is 11.9 Å². The Hall–Kier alpha value is -2.49. The Bertz CT molecular complexity index is 1120. The Morgan fingerprint density at radius 2 is 1.97 bits per heavy atom. The molecule has 0 spiro atoms. The molecule has 0 atom stereocenters. The number of halogens is 2. The largest absolute Gasteiger partial charge is 0.462 e. The zero-order valence-electron chi connectivity index (χ0n) is 17.0. The molecule has 0 bridgehead atoms. The van der Waals surface area contributed by atoms with Gasteiger partial charge in [-0.2, -0.15) is 0 Å². The van der Waals surface area contributed by atoms with Crippen LogP contribution in [0.1, 0.15) is 43.8 Å². The number of benzene rings is 1. The summed E-state index contributed by atoms with van der Waals surface area (Å²) in [4.78, 5) is 34.5. The summed E-state index contributed by atoms with van der Waals surface area (Å²) >= 11 is 8.73. The average Bonchev–Trinajstić information content (AvgIpc) is 3.01. The third-order valence-corrected chi connectivity index (χ3v) is 6.64. The number of thioether (sulfide) groups is 1. The first-order chi connectivity index (χ1) is 14.8. The summed E-state index contributed by atoms with van der Waals surface area (Å²) in [5.41, 5.74) is 1.97. The maximum atomic E-state index is 13.0. The van der Waals surface area contributed by atoms with Crippen molar-refractivity contribution in [3.05, 3.63) is 68.6 Å². The lowest BCUT2D eigenvalue weighted by Gasteiger charge is -2.08. The second-order valence-electron chi connectivity index (χ2n) is 6.43. The monoisotopic (exact) mass is 479 g/mol. The van der Waals surface area contributed by atoms with Crippen LogP contribution in [0.5, 0.6) is 0 Å². The van der Waals surface area contributed by atoms with Crippen LogP contribution in [-0.2, 0) is 10.5 Å². The van der Waals surface area contributed by atoms with Crippen molar-refractivity contribution >= 4 is 51.6 Å². The van der Waals surface area contributed by atoms with E-state index in [0.29, 0.717) is 21.5 Å². The molecule has 0 saturated heterocycles. The van der Waals surface area contributed by atoms with Gasteiger partial charge in [-0.1, -0.05) is 35.5 Å². The maximum absolute atomic E-state index is 13.0. The molecular formula is C21H19ClFN3O3S2. The van der Waals surface area contributed by atoms with Crippen LogP contribution in [0.25, 0.3) is 0 Å². The molecule has 162 valence electrons. The Labute approximate surface area is 192 Å². The van der Waals surface area contributed by atoms with Crippen LogP contribution in [0.15, 0.2) is 35.6 Å². The second kappa shape index (κ2) is 10.2. The van der Waals surface area contributed by atoms with E-state index in [2.05, 4.69) is 15.3 Å². The van der Waals surface area contributed by atoms with Crippen LogP contribution in [-0.4, -0.2) is 28.5 Å². The molecule has 0 saturated carbocycles. The number of esters is 1. The molecule has 3 rings (SSSR count). The number of aryl methyl sites for hydroxylation is 1. The summed E-state index contributed by atoms with van der Waals surface area (Å²) in [5, 5.41) is 3.55. The number of nitrogens with zero attached hydrogens (tertiary/aromatic N) is 2. The van der Waals surface area contributed by atoms with Crippen molar-refractivity contribution in [1.29, 1.82) is 0 Å². The molecule has 0 aliphatic rings. The first-order valence-corrected chi connectivity index (χ1v) is 11.5. The highest BCUT2D eigenvalue weighted by Gasteiger charge is 2.24. The van der Waals surface area contributed by atoms with Gasteiger partial charge in [-0.25, -0.2) is 19.2 Å². The van der Waals surface area contributed by atoms with Gasteiger partial charge in [-0.15, -0.1) is 11.3 Å². The van der Waals surface area contributed by atoms with Gasteiger partial charge in [-0.05, 0) is 44.0 Å². The number of rotatable bonds is 7. The highest BCUT2D eigenvalue weighted by Crippen LogP contribution is 2.33. The summed E-state index contributed by atoms with van der Waals surface area (Å²) < 4.78 is 18.2. The molecule has 6 nitrogen and oxygen atoms in total. The topological polar surface area (TPSA) is 81.2 Å². The normalized spacial score (nSPS) is 10.7. The van der Waals surface area contributed by atoms with E-state index >= 15 is 0 Å². The number of aromatic nitrogens is 2. The summed E-state index contributed by atoms with van der Waals surface area (Å²) in [6, 6.07) is 6.10. The van der Waals surface area contributed by atoms with Gasteiger partial charge >= 0.3 is 5.97 Å². The molecule has 3 aromatic rings. The molecule has 10 heteroatoms. The minimum absolute atomic E-state index is 0.00297.